The van der Waals surface area contributed by atoms with Crippen LogP contribution < -0.4 is 26.5 Å². The first-order valence-corrected chi connectivity index (χ1v) is 14.6. The number of hydrogen-bond donors (Lipinski definition) is 5. The van der Waals surface area contributed by atoms with Gasteiger partial charge in [-0.1, -0.05) is 6.58 Å². The molecule has 11 nitrogen and oxygen atoms in total. The maximum absolute atomic E-state index is 13.4. The van der Waals surface area contributed by atoms with Gasteiger partial charge in [-0.2, -0.15) is 5.26 Å². The molecule has 5 aromatic rings. The second-order valence-electron chi connectivity index (χ2n) is 10.8. The summed E-state index contributed by atoms with van der Waals surface area (Å²) < 4.78 is 7.77. The number of nitrogens with zero attached hydrogens (tertiary/aromatic N) is 4. The van der Waals surface area contributed by atoms with E-state index in [1.54, 1.807) is 38.9 Å². The van der Waals surface area contributed by atoms with Gasteiger partial charge in [0.15, 0.2) is 17.7 Å². The summed E-state index contributed by atoms with van der Waals surface area (Å²) in [5.41, 5.74) is 4.34. The lowest BCUT2D eigenvalue weighted by Gasteiger charge is -2.29. The number of H-pyrrole nitrogens is 1. The molecule has 0 radical (unpaired) electrons. The number of hydrogen-bond acceptors (Lipinski definition) is 9. The van der Waals surface area contributed by atoms with Crippen molar-refractivity contribution in [1.82, 2.24) is 24.8 Å². The Labute approximate surface area is 252 Å². The molecule has 1 fully saturated rings. The first-order chi connectivity index (χ1) is 20.6. The molecule has 216 valence electrons. The number of aromatic hydroxyl groups is 3. The highest BCUT2D eigenvalue weighted by molar-refractivity contribution is 7.21. The van der Waals surface area contributed by atoms with Crippen molar-refractivity contribution in [2.45, 2.75) is 25.8 Å². The topological polar surface area (TPSA) is 160 Å². The second kappa shape index (κ2) is 10.7. The maximum atomic E-state index is 13.4. The van der Waals surface area contributed by atoms with E-state index in [1.165, 1.54) is 11.3 Å². The SMILES string of the molecule is Bc1c(B)c(O)c(Oc2ccc(-n3c(=C)[nH]c4c(C(=O)N[C@@H]5CCCN(C#N)C5)sc5nccc3c54)c(C)c2)c(O)c1O. The lowest BCUT2D eigenvalue weighted by Crippen LogP contribution is -2.46. The highest BCUT2D eigenvalue weighted by Gasteiger charge is 2.26. The van der Waals surface area contributed by atoms with Crippen molar-refractivity contribution in [3.63, 3.8) is 0 Å². The van der Waals surface area contributed by atoms with E-state index in [4.69, 9.17) is 4.74 Å². The van der Waals surface area contributed by atoms with Crippen LogP contribution in [0, 0.1) is 18.4 Å². The molecule has 3 aromatic heterocycles. The predicted molar refractivity (Wildman–Crippen MR) is 171 cm³/mol. The van der Waals surface area contributed by atoms with Gasteiger partial charge in [-0.25, -0.2) is 4.98 Å². The minimum Gasteiger partial charge on any atom is -0.505 e. The van der Waals surface area contributed by atoms with E-state index < -0.39 is 5.75 Å². The van der Waals surface area contributed by atoms with Crippen LogP contribution in [-0.2, 0) is 0 Å². The number of aromatic amines is 1. The monoisotopic (exact) mass is 594 g/mol. The molecular weight excluding hydrogens is 566 g/mol. The van der Waals surface area contributed by atoms with Crippen molar-refractivity contribution in [3.05, 3.63) is 46.4 Å². The average Bonchev–Trinajstić information content (AvgIpc) is 3.37. The number of ether oxygens (including phenoxy) is 1. The molecule has 5 N–H and O–H groups in total. The van der Waals surface area contributed by atoms with E-state index in [9.17, 15) is 25.4 Å². The zero-order chi connectivity index (χ0) is 30.6. The van der Waals surface area contributed by atoms with Gasteiger partial charge in [-0.15, -0.1) is 11.3 Å². The summed E-state index contributed by atoms with van der Waals surface area (Å²) in [5, 5.41) is 44.4. The third-order valence-corrected chi connectivity index (χ3v) is 9.11. The van der Waals surface area contributed by atoms with Crippen LogP contribution in [0.3, 0.4) is 0 Å². The number of benzene rings is 2. The lowest BCUT2D eigenvalue weighted by molar-refractivity contribution is 0.0923. The quantitative estimate of drug-likeness (QED) is 0.0860. The third kappa shape index (κ3) is 4.71. The maximum Gasteiger partial charge on any atom is 0.263 e. The molecule has 0 aliphatic carbocycles. The van der Waals surface area contributed by atoms with Crippen LogP contribution in [0.2, 0.25) is 0 Å². The van der Waals surface area contributed by atoms with Gasteiger partial charge < -0.3 is 35.3 Å². The molecule has 1 aliphatic heterocycles. The second-order valence-corrected chi connectivity index (χ2v) is 11.8. The summed E-state index contributed by atoms with van der Waals surface area (Å²) in [6, 6.07) is 7.02. The van der Waals surface area contributed by atoms with Gasteiger partial charge >= 0.3 is 0 Å². The fourth-order valence-electron chi connectivity index (χ4n) is 5.61. The van der Waals surface area contributed by atoms with Gasteiger partial charge in [-0.3, -0.25) is 9.36 Å². The Kier molecular flexibility index (Phi) is 6.98. The Balaban J connectivity index is 1.37. The van der Waals surface area contributed by atoms with Gasteiger partial charge in [-0.05, 0) is 60.5 Å². The Bertz CT molecular complexity index is 2020. The average molecular weight is 594 g/mol. The number of nitriles is 1. The summed E-state index contributed by atoms with van der Waals surface area (Å²) in [6.07, 6.45) is 5.52. The zero-order valence-corrected chi connectivity index (χ0v) is 24.7. The molecule has 6 rings (SSSR count). The number of carbonyl (C=O) groups excluding carboxylic acids is 1. The van der Waals surface area contributed by atoms with Crippen molar-refractivity contribution in [2.24, 2.45) is 0 Å². The summed E-state index contributed by atoms with van der Waals surface area (Å²) in [5.74, 6) is -1.24. The normalized spacial score (nSPS) is 15.1. The summed E-state index contributed by atoms with van der Waals surface area (Å²) in [4.78, 5) is 24.1. The minimum atomic E-state index is -0.536. The first-order valence-electron chi connectivity index (χ1n) is 13.7. The van der Waals surface area contributed by atoms with Crippen molar-refractivity contribution < 1.29 is 24.9 Å². The van der Waals surface area contributed by atoms with E-state index in [0.29, 0.717) is 50.5 Å². The smallest absolute Gasteiger partial charge is 0.263 e. The van der Waals surface area contributed by atoms with Crippen LogP contribution in [0.15, 0.2) is 30.5 Å². The number of piperidine rings is 1. The Hall–Kier alpha value is -5.02. The van der Waals surface area contributed by atoms with Gasteiger partial charge in [0.1, 0.15) is 36.6 Å². The largest absolute Gasteiger partial charge is 0.505 e. The molecule has 1 aliphatic rings. The predicted octanol–water partition coefficient (Wildman–Crippen LogP) is 0.669. The van der Waals surface area contributed by atoms with Crippen molar-refractivity contribution in [2.75, 3.05) is 13.1 Å². The summed E-state index contributed by atoms with van der Waals surface area (Å²) >= 11 is 1.30. The van der Waals surface area contributed by atoms with Gasteiger partial charge in [0.05, 0.1) is 22.1 Å². The molecular formula is C29H28B2N6O5S. The number of amides is 1. The highest BCUT2D eigenvalue weighted by Crippen LogP contribution is 2.42. The summed E-state index contributed by atoms with van der Waals surface area (Å²) in [6.45, 7) is 7.34. The van der Waals surface area contributed by atoms with E-state index in [1.807, 2.05) is 23.6 Å². The van der Waals surface area contributed by atoms with Crippen LogP contribution >= 0.6 is 11.3 Å². The molecule has 0 bridgehead atoms. The number of rotatable bonds is 5. The number of nitrogens with one attached hydrogen (secondary N) is 2. The van der Waals surface area contributed by atoms with E-state index >= 15 is 0 Å². The Morgan fingerprint density at radius 3 is 2.74 bits per heavy atom. The van der Waals surface area contributed by atoms with Crippen LogP contribution in [0.1, 0.15) is 28.1 Å². The van der Waals surface area contributed by atoms with Gasteiger partial charge in [0, 0.05) is 25.3 Å². The van der Waals surface area contributed by atoms with Crippen molar-refractivity contribution in [1.29, 1.82) is 5.26 Å². The fourth-order valence-corrected chi connectivity index (χ4v) is 6.63. The number of phenolic OH excluding ortho intramolecular Hbond substituents is 3. The third-order valence-electron chi connectivity index (χ3n) is 8.01. The molecule has 2 aromatic carbocycles. The van der Waals surface area contributed by atoms with Crippen molar-refractivity contribution >= 4 is 71.7 Å². The highest BCUT2D eigenvalue weighted by atomic mass is 32.1. The van der Waals surface area contributed by atoms with Crippen LogP contribution in [0.4, 0.5) is 0 Å². The Morgan fingerprint density at radius 1 is 1.23 bits per heavy atom. The van der Waals surface area contributed by atoms with Crippen LogP contribution in [0.5, 0.6) is 28.7 Å². The minimum absolute atomic E-state index is 0.117. The standard InChI is InChI=1S/C29H28B2N6O5S/c1-13-10-16(42-26-24(39)21(31)20(30)23(38)25(26)40)5-6-17(13)37-14(2)34-22-19-18(37)7-8-33-29(19)43-27(22)28(41)35-15-4-3-9-36(11-15)12-32/h5-8,10,15,34,38-40H,2-4,9,11,30-31H2,1H3,(H,35,41)/t15-/m1/s1. The number of phenols is 3. The molecule has 43 heavy (non-hydrogen) atoms. The lowest BCUT2D eigenvalue weighted by atomic mass is 9.79. The number of likely N-dealkylation sites (tertiary alicyclic amines) is 1. The molecule has 0 saturated carbocycles. The zero-order valence-electron chi connectivity index (χ0n) is 23.9. The van der Waals surface area contributed by atoms with Crippen LogP contribution in [0.25, 0.3) is 33.5 Å². The molecule has 0 unspecified atom stereocenters. The number of pyridine rings is 1. The molecule has 0 spiro atoms. The number of aryl methyl sites for hydroxylation is 1. The fraction of sp³-hybridized carbons (Fsp3) is 0.207. The number of aromatic nitrogens is 3. The van der Waals surface area contributed by atoms with Crippen LogP contribution in [-0.4, -0.2) is 75.5 Å². The molecule has 1 amide bonds. The Morgan fingerprint density at radius 2 is 2.00 bits per heavy atom. The summed E-state index contributed by atoms with van der Waals surface area (Å²) in [7, 11) is 3.22. The molecule has 4 heterocycles. The van der Waals surface area contributed by atoms with E-state index in [-0.39, 0.29) is 29.2 Å². The first kappa shape index (κ1) is 28.1. The molecule has 1 atom stereocenters. The molecule has 1 saturated heterocycles. The number of carbonyl (C=O) groups is 1. The van der Waals surface area contributed by atoms with E-state index in [0.717, 1.165) is 35.0 Å². The molecule has 14 heteroatoms. The van der Waals surface area contributed by atoms with Gasteiger partial charge in [0.25, 0.3) is 5.91 Å². The van der Waals surface area contributed by atoms with E-state index in [2.05, 4.69) is 28.1 Å². The van der Waals surface area contributed by atoms with Crippen molar-refractivity contribution in [3.8, 4) is 40.6 Å². The number of thiophene rings is 1. The van der Waals surface area contributed by atoms with Gasteiger partial charge in [0.2, 0.25) is 11.5 Å².